The van der Waals surface area contributed by atoms with Crippen LogP contribution in [0.3, 0.4) is 0 Å². The summed E-state index contributed by atoms with van der Waals surface area (Å²) in [7, 11) is 1.79. The number of aromatic nitrogens is 2. The molecule has 0 aliphatic carbocycles. The van der Waals surface area contributed by atoms with Gasteiger partial charge in [0.1, 0.15) is 0 Å². The van der Waals surface area contributed by atoms with Crippen molar-refractivity contribution in [3.63, 3.8) is 0 Å². The summed E-state index contributed by atoms with van der Waals surface area (Å²) in [6.45, 7) is 5.39. The van der Waals surface area contributed by atoms with E-state index in [-0.39, 0.29) is 5.91 Å². The number of nitrogens with one attached hydrogen (secondary N) is 1. The van der Waals surface area contributed by atoms with Crippen molar-refractivity contribution in [3.05, 3.63) is 39.2 Å². The van der Waals surface area contributed by atoms with Crippen LogP contribution in [0.15, 0.2) is 24.4 Å². The Kier molecular flexibility index (Phi) is 6.26. The van der Waals surface area contributed by atoms with E-state index < -0.39 is 0 Å². The highest BCUT2D eigenvalue weighted by molar-refractivity contribution is 14.1. The largest absolute Gasteiger partial charge is 0.490 e. The summed E-state index contributed by atoms with van der Waals surface area (Å²) in [5.74, 6) is 1.21. The van der Waals surface area contributed by atoms with Gasteiger partial charge in [0.2, 0.25) is 0 Å². The molecule has 0 atom stereocenters. The van der Waals surface area contributed by atoms with E-state index in [9.17, 15) is 4.79 Å². The highest BCUT2D eigenvalue weighted by Crippen LogP contribution is 2.28. The lowest BCUT2D eigenvalue weighted by Gasteiger charge is -2.12. The second-order valence-corrected chi connectivity index (χ2v) is 5.99. The Morgan fingerprint density at radius 3 is 2.57 bits per heavy atom. The molecule has 0 spiro atoms. The van der Waals surface area contributed by atoms with E-state index in [0.29, 0.717) is 37.0 Å². The Morgan fingerprint density at radius 1 is 1.26 bits per heavy atom. The number of hydrogen-bond acceptors (Lipinski definition) is 4. The van der Waals surface area contributed by atoms with Gasteiger partial charge >= 0.3 is 0 Å². The average Bonchev–Trinajstić information content (AvgIpc) is 2.86. The van der Waals surface area contributed by atoms with Gasteiger partial charge in [-0.25, -0.2) is 0 Å². The predicted molar refractivity (Wildman–Crippen MR) is 95.9 cm³/mol. The summed E-state index contributed by atoms with van der Waals surface area (Å²) < 4.78 is 13.6. The molecule has 2 rings (SSSR count). The zero-order valence-corrected chi connectivity index (χ0v) is 15.6. The first-order valence-electron chi connectivity index (χ1n) is 7.41. The fourth-order valence-electron chi connectivity index (χ4n) is 2.08. The molecule has 1 N–H and O–H groups in total. The molecule has 7 heteroatoms. The van der Waals surface area contributed by atoms with Crippen molar-refractivity contribution in [1.29, 1.82) is 0 Å². The van der Waals surface area contributed by atoms with E-state index in [4.69, 9.17) is 9.47 Å². The molecule has 0 aliphatic heterocycles. The van der Waals surface area contributed by atoms with Crippen LogP contribution in [0.1, 0.15) is 29.9 Å². The Morgan fingerprint density at radius 2 is 1.96 bits per heavy atom. The molecule has 6 nitrogen and oxygen atoms in total. The summed E-state index contributed by atoms with van der Waals surface area (Å²) in [4.78, 5) is 12.2. The molecule has 23 heavy (non-hydrogen) atoms. The normalized spacial score (nSPS) is 10.4. The van der Waals surface area contributed by atoms with Crippen LogP contribution in [0.5, 0.6) is 11.5 Å². The molecule has 1 amide bonds. The quantitative estimate of drug-likeness (QED) is 0.688. The number of nitrogens with zero attached hydrogens (tertiary/aromatic N) is 2. The van der Waals surface area contributed by atoms with Crippen molar-refractivity contribution in [1.82, 2.24) is 15.1 Å². The number of halogens is 1. The van der Waals surface area contributed by atoms with Crippen molar-refractivity contribution in [2.24, 2.45) is 7.05 Å². The SMILES string of the molecule is CCOc1ccc(CNC(=O)c2nn(C)cc2I)cc1OCC. The highest BCUT2D eigenvalue weighted by atomic mass is 127. The second-order valence-electron chi connectivity index (χ2n) is 4.83. The molecule has 1 aromatic heterocycles. The van der Waals surface area contributed by atoms with Crippen LogP contribution in [-0.2, 0) is 13.6 Å². The summed E-state index contributed by atoms with van der Waals surface area (Å²) >= 11 is 2.10. The summed E-state index contributed by atoms with van der Waals surface area (Å²) in [6, 6.07) is 5.66. The predicted octanol–water partition coefficient (Wildman–Crippen LogP) is 2.75. The Labute approximate surface area is 149 Å². The van der Waals surface area contributed by atoms with E-state index >= 15 is 0 Å². The van der Waals surface area contributed by atoms with Gasteiger partial charge in [-0.15, -0.1) is 0 Å². The van der Waals surface area contributed by atoms with Gasteiger partial charge < -0.3 is 14.8 Å². The van der Waals surface area contributed by atoms with E-state index in [2.05, 4.69) is 33.0 Å². The second kappa shape index (κ2) is 8.19. The third-order valence-electron chi connectivity index (χ3n) is 3.06. The zero-order valence-electron chi connectivity index (χ0n) is 13.4. The van der Waals surface area contributed by atoms with Crippen molar-refractivity contribution >= 4 is 28.5 Å². The molecular formula is C16H20IN3O3. The number of carbonyl (C=O) groups is 1. The smallest absolute Gasteiger partial charge is 0.273 e. The summed E-state index contributed by atoms with van der Waals surface area (Å²) in [6.07, 6.45) is 1.81. The molecule has 124 valence electrons. The van der Waals surface area contributed by atoms with Crippen molar-refractivity contribution in [2.75, 3.05) is 13.2 Å². The number of aryl methyl sites for hydroxylation is 1. The van der Waals surface area contributed by atoms with E-state index in [1.807, 2.05) is 32.0 Å². The number of ether oxygens (including phenoxy) is 2. The number of amides is 1. The van der Waals surface area contributed by atoms with Crippen LogP contribution in [0.4, 0.5) is 0 Å². The monoisotopic (exact) mass is 429 g/mol. The average molecular weight is 429 g/mol. The molecule has 0 fully saturated rings. The van der Waals surface area contributed by atoms with Gasteiger partial charge in [0.05, 0.1) is 16.8 Å². The van der Waals surface area contributed by atoms with Crippen LogP contribution in [-0.4, -0.2) is 28.9 Å². The van der Waals surface area contributed by atoms with Crippen LogP contribution in [0, 0.1) is 3.57 Å². The third kappa shape index (κ3) is 4.60. The maximum atomic E-state index is 12.2. The van der Waals surface area contributed by atoms with E-state index in [1.165, 1.54) is 0 Å². The van der Waals surface area contributed by atoms with E-state index in [0.717, 1.165) is 9.13 Å². The molecule has 1 heterocycles. The molecule has 0 aliphatic rings. The maximum Gasteiger partial charge on any atom is 0.273 e. The molecule has 0 bridgehead atoms. The molecule has 0 unspecified atom stereocenters. The Hall–Kier alpha value is -1.77. The minimum Gasteiger partial charge on any atom is -0.490 e. The lowest BCUT2D eigenvalue weighted by Crippen LogP contribution is -2.24. The van der Waals surface area contributed by atoms with Gasteiger partial charge in [0, 0.05) is 19.8 Å². The minimum atomic E-state index is -0.193. The van der Waals surface area contributed by atoms with Gasteiger partial charge in [-0.2, -0.15) is 5.10 Å². The number of rotatable bonds is 7. The van der Waals surface area contributed by atoms with Gasteiger partial charge in [-0.1, -0.05) is 6.07 Å². The van der Waals surface area contributed by atoms with Crippen molar-refractivity contribution < 1.29 is 14.3 Å². The zero-order chi connectivity index (χ0) is 16.8. The van der Waals surface area contributed by atoms with Crippen LogP contribution < -0.4 is 14.8 Å². The first-order chi connectivity index (χ1) is 11.0. The van der Waals surface area contributed by atoms with Gasteiger partial charge in [-0.05, 0) is 54.1 Å². The van der Waals surface area contributed by atoms with Gasteiger partial charge in [-0.3, -0.25) is 9.48 Å². The fourth-order valence-corrected chi connectivity index (χ4v) is 2.84. The maximum absolute atomic E-state index is 12.2. The lowest BCUT2D eigenvalue weighted by atomic mass is 10.2. The van der Waals surface area contributed by atoms with Crippen LogP contribution >= 0.6 is 22.6 Å². The van der Waals surface area contributed by atoms with Gasteiger partial charge in [0.15, 0.2) is 17.2 Å². The van der Waals surface area contributed by atoms with E-state index in [1.54, 1.807) is 17.9 Å². The number of benzene rings is 1. The van der Waals surface area contributed by atoms with Crippen LogP contribution in [0.2, 0.25) is 0 Å². The minimum absolute atomic E-state index is 0.193. The topological polar surface area (TPSA) is 65.4 Å². The molecule has 1 aromatic carbocycles. The van der Waals surface area contributed by atoms with Crippen molar-refractivity contribution in [3.8, 4) is 11.5 Å². The number of hydrogen-bond donors (Lipinski definition) is 1. The third-order valence-corrected chi connectivity index (χ3v) is 3.85. The molecule has 0 saturated carbocycles. The van der Waals surface area contributed by atoms with Crippen molar-refractivity contribution in [2.45, 2.75) is 20.4 Å². The Balaban J connectivity index is 2.06. The lowest BCUT2D eigenvalue weighted by molar-refractivity contribution is 0.0944. The first kappa shape index (κ1) is 17.6. The van der Waals surface area contributed by atoms with Gasteiger partial charge in [0.25, 0.3) is 5.91 Å². The Bertz CT molecular complexity index is 685. The molecule has 0 saturated heterocycles. The van der Waals surface area contributed by atoms with Crippen LogP contribution in [0.25, 0.3) is 0 Å². The molecule has 0 radical (unpaired) electrons. The first-order valence-corrected chi connectivity index (χ1v) is 8.48. The molecule has 2 aromatic rings. The number of carbonyl (C=O) groups excluding carboxylic acids is 1. The molecular weight excluding hydrogens is 409 g/mol. The highest BCUT2D eigenvalue weighted by Gasteiger charge is 2.14. The summed E-state index contributed by atoms with van der Waals surface area (Å²) in [5, 5.41) is 7.03. The fraction of sp³-hybridized carbons (Fsp3) is 0.375. The summed E-state index contributed by atoms with van der Waals surface area (Å²) in [5.41, 5.74) is 1.38. The standard InChI is InChI=1S/C16H20IN3O3/c1-4-22-13-7-6-11(8-14(13)23-5-2)9-18-16(21)15-12(17)10-20(3)19-15/h6-8,10H,4-5,9H2,1-3H3,(H,18,21).